The van der Waals surface area contributed by atoms with Crippen LogP contribution in [0.15, 0.2) is 42.5 Å². The van der Waals surface area contributed by atoms with E-state index in [1.165, 1.54) is 25.1 Å². The van der Waals surface area contributed by atoms with Crippen LogP contribution in [0.4, 0.5) is 15.8 Å². The molecular weight excluding hydrogens is 501 g/mol. The Morgan fingerprint density at radius 3 is 2.54 bits per heavy atom. The molecule has 11 heteroatoms. The van der Waals surface area contributed by atoms with E-state index >= 15 is 0 Å². The Hall–Kier alpha value is -3.47. The molecule has 0 saturated heterocycles. The van der Waals surface area contributed by atoms with Crippen molar-refractivity contribution in [3.63, 3.8) is 0 Å². The van der Waals surface area contributed by atoms with Crippen LogP contribution < -0.4 is 25.0 Å². The van der Waals surface area contributed by atoms with Crippen LogP contribution in [-0.2, 0) is 25.2 Å². The maximum Gasteiger partial charge on any atom is 0.243 e. The van der Waals surface area contributed by atoms with Crippen molar-refractivity contribution in [1.29, 1.82) is 0 Å². The average Bonchev–Trinajstić information content (AvgIpc) is 3.33. The summed E-state index contributed by atoms with van der Waals surface area (Å²) in [7, 11) is -1.90. The zero-order valence-corrected chi connectivity index (χ0v) is 21.4. The summed E-state index contributed by atoms with van der Waals surface area (Å²) in [6.45, 7) is 1.60. The Labute approximate surface area is 217 Å². The number of nitrogens with one attached hydrogen (secondary N) is 2. The molecular formula is C26H30FN3O6S. The van der Waals surface area contributed by atoms with Gasteiger partial charge in [0.05, 0.1) is 5.69 Å². The number of halogens is 1. The number of carbonyl (C=O) groups excluding carboxylic acids is 3. The summed E-state index contributed by atoms with van der Waals surface area (Å²) in [6, 6.07) is 9.44. The van der Waals surface area contributed by atoms with Crippen LogP contribution in [0.2, 0.25) is 0 Å². The molecule has 1 saturated carbocycles. The van der Waals surface area contributed by atoms with Crippen molar-refractivity contribution in [3.05, 3.63) is 48.3 Å². The van der Waals surface area contributed by atoms with E-state index < -0.39 is 51.9 Å². The van der Waals surface area contributed by atoms with E-state index in [0.717, 1.165) is 37.0 Å². The second-order valence-electron chi connectivity index (χ2n) is 9.08. The average molecular weight is 532 g/mol. The first-order chi connectivity index (χ1) is 17.8. The molecule has 37 heavy (non-hydrogen) atoms. The van der Waals surface area contributed by atoms with Gasteiger partial charge in [-0.3, -0.25) is 23.5 Å². The molecule has 0 aromatic heterocycles. The molecule has 1 fully saturated rings. The lowest BCUT2D eigenvalue weighted by molar-refractivity contribution is -0.126. The molecule has 3 amide bonds. The molecule has 0 spiro atoms. The Morgan fingerprint density at radius 2 is 1.78 bits per heavy atom. The van der Waals surface area contributed by atoms with Gasteiger partial charge < -0.3 is 20.1 Å². The molecule has 0 bridgehead atoms. The molecule has 2 aromatic rings. The van der Waals surface area contributed by atoms with Gasteiger partial charge in [0.1, 0.15) is 23.4 Å². The van der Waals surface area contributed by atoms with E-state index in [1.54, 1.807) is 24.3 Å². The van der Waals surface area contributed by atoms with Crippen molar-refractivity contribution in [1.82, 2.24) is 5.32 Å². The largest absolute Gasteiger partial charge is 0.454 e. The number of ether oxygens (including phenoxy) is 2. The highest BCUT2D eigenvalue weighted by Gasteiger charge is 2.31. The smallest absolute Gasteiger partial charge is 0.243 e. The number of hydrogen-bond acceptors (Lipinski definition) is 6. The van der Waals surface area contributed by atoms with Crippen LogP contribution in [-0.4, -0.2) is 52.3 Å². The highest BCUT2D eigenvalue weighted by atomic mass is 32.2. The van der Waals surface area contributed by atoms with Crippen LogP contribution in [0.1, 0.15) is 39.0 Å². The minimum absolute atomic E-state index is 0.00952. The number of rotatable bonds is 9. The topological polar surface area (TPSA) is 114 Å². The number of amides is 3. The number of fused-ring (bicyclic) bond motifs is 1. The Kier molecular flexibility index (Phi) is 8.75. The standard InChI is InChI=1S/C26H30FN3O6S/c1-17(26(33)29-18-7-3-2-4-8-18)30(21-10-6-5-9-20(21)27)25(32)15-37(34)14-24(31)28-19-11-12-22-23(13-19)36-16-35-22/h5-6,9-13,17-18H,2-4,7-8,14-16H2,1H3,(H,28,31)(H,29,33)/t17-,37-/m0/s1. The van der Waals surface area contributed by atoms with Crippen LogP contribution in [0.5, 0.6) is 11.5 Å². The number of anilines is 2. The van der Waals surface area contributed by atoms with Crippen LogP contribution in [0, 0.1) is 5.82 Å². The quantitative estimate of drug-likeness (QED) is 0.514. The summed E-state index contributed by atoms with van der Waals surface area (Å²) in [5.74, 6) is -2.33. The summed E-state index contributed by atoms with van der Waals surface area (Å²) >= 11 is 0. The van der Waals surface area contributed by atoms with E-state index in [9.17, 15) is 23.0 Å². The monoisotopic (exact) mass is 531 g/mol. The summed E-state index contributed by atoms with van der Waals surface area (Å²) in [4.78, 5) is 39.7. The predicted molar refractivity (Wildman–Crippen MR) is 137 cm³/mol. The van der Waals surface area contributed by atoms with Gasteiger partial charge in [-0.05, 0) is 44.0 Å². The second-order valence-corrected chi connectivity index (χ2v) is 10.5. The number of carbonyl (C=O) groups is 3. The summed E-state index contributed by atoms with van der Waals surface area (Å²) in [5.41, 5.74) is 0.346. The third-order valence-electron chi connectivity index (χ3n) is 6.33. The first kappa shape index (κ1) is 26.6. The molecule has 9 nitrogen and oxygen atoms in total. The lowest BCUT2D eigenvalue weighted by Gasteiger charge is -2.31. The van der Waals surface area contributed by atoms with E-state index in [4.69, 9.17) is 9.47 Å². The predicted octanol–water partition coefficient (Wildman–Crippen LogP) is 3.11. The van der Waals surface area contributed by atoms with Gasteiger partial charge in [-0.1, -0.05) is 31.4 Å². The normalized spacial score (nSPS) is 16.5. The van der Waals surface area contributed by atoms with E-state index in [-0.39, 0.29) is 18.5 Å². The van der Waals surface area contributed by atoms with Crippen molar-refractivity contribution in [3.8, 4) is 11.5 Å². The van der Waals surface area contributed by atoms with Gasteiger partial charge in [-0.2, -0.15) is 0 Å². The summed E-state index contributed by atoms with van der Waals surface area (Å²) < 4.78 is 37.9. The molecule has 198 valence electrons. The third-order valence-corrected chi connectivity index (χ3v) is 7.48. The van der Waals surface area contributed by atoms with Gasteiger partial charge in [0, 0.05) is 28.6 Å². The molecule has 4 rings (SSSR count). The van der Waals surface area contributed by atoms with Crippen LogP contribution in [0.25, 0.3) is 0 Å². The number of hydrogen-bond donors (Lipinski definition) is 2. The maximum atomic E-state index is 14.7. The van der Waals surface area contributed by atoms with E-state index in [0.29, 0.717) is 17.2 Å². The Bertz CT molecular complexity index is 1190. The minimum atomic E-state index is -1.90. The van der Waals surface area contributed by atoms with Gasteiger partial charge in [-0.15, -0.1) is 0 Å². The first-order valence-corrected chi connectivity index (χ1v) is 13.7. The minimum Gasteiger partial charge on any atom is -0.454 e. The van der Waals surface area contributed by atoms with E-state index in [1.807, 2.05) is 0 Å². The van der Waals surface area contributed by atoms with Crippen molar-refractivity contribution in [2.75, 3.05) is 28.5 Å². The van der Waals surface area contributed by atoms with Crippen LogP contribution >= 0.6 is 0 Å². The number of nitrogens with zero attached hydrogens (tertiary/aromatic N) is 1. The van der Waals surface area contributed by atoms with Gasteiger partial charge in [0.2, 0.25) is 24.5 Å². The molecule has 0 unspecified atom stereocenters. The second kappa shape index (κ2) is 12.2. The molecule has 1 aliphatic carbocycles. The van der Waals surface area contributed by atoms with E-state index in [2.05, 4.69) is 10.6 Å². The molecule has 2 aromatic carbocycles. The molecule has 2 aliphatic rings. The summed E-state index contributed by atoms with van der Waals surface area (Å²) in [6.07, 6.45) is 4.87. The number of para-hydroxylation sites is 1. The fraction of sp³-hybridized carbons (Fsp3) is 0.423. The lowest BCUT2D eigenvalue weighted by atomic mass is 9.95. The van der Waals surface area contributed by atoms with Crippen LogP contribution in [0.3, 0.4) is 0 Å². The first-order valence-electron chi connectivity index (χ1n) is 12.2. The molecule has 0 radical (unpaired) electrons. The maximum absolute atomic E-state index is 14.7. The molecule has 2 N–H and O–H groups in total. The highest BCUT2D eigenvalue weighted by molar-refractivity contribution is 7.86. The Balaban J connectivity index is 1.40. The fourth-order valence-corrected chi connectivity index (χ4v) is 5.35. The van der Waals surface area contributed by atoms with Crippen molar-refractivity contribution in [2.45, 2.75) is 51.1 Å². The lowest BCUT2D eigenvalue weighted by Crippen LogP contribution is -2.52. The van der Waals surface area contributed by atoms with Gasteiger partial charge in [0.25, 0.3) is 0 Å². The van der Waals surface area contributed by atoms with Crippen molar-refractivity contribution in [2.24, 2.45) is 0 Å². The van der Waals surface area contributed by atoms with Gasteiger partial charge in [0.15, 0.2) is 11.5 Å². The SMILES string of the molecule is C[C@@H](C(=O)NC1CCCCC1)N(C(=O)C[S@@](=O)CC(=O)Nc1ccc2c(c1)OCO2)c1ccccc1F. The van der Waals surface area contributed by atoms with Gasteiger partial charge >= 0.3 is 0 Å². The molecule has 1 heterocycles. The molecule has 1 aliphatic heterocycles. The number of benzene rings is 2. The Morgan fingerprint density at radius 1 is 1.05 bits per heavy atom. The highest BCUT2D eigenvalue weighted by Crippen LogP contribution is 2.34. The summed E-state index contributed by atoms with van der Waals surface area (Å²) in [5, 5.41) is 5.58. The van der Waals surface area contributed by atoms with Gasteiger partial charge in [-0.25, -0.2) is 4.39 Å². The zero-order chi connectivity index (χ0) is 26.4. The third kappa shape index (κ3) is 6.85. The fourth-order valence-electron chi connectivity index (χ4n) is 4.47. The zero-order valence-electron chi connectivity index (χ0n) is 20.5. The van der Waals surface area contributed by atoms with Crippen molar-refractivity contribution < 1.29 is 32.5 Å². The molecule has 2 atom stereocenters. The van der Waals surface area contributed by atoms with Crippen molar-refractivity contribution >= 4 is 39.9 Å².